The molecule has 1 aliphatic rings. The Balaban J connectivity index is 1.43. The Morgan fingerprint density at radius 3 is 2.88 bits per heavy atom. The van der Waals surface area contributed by atoms with Gasteiger partial charge in [-0.05, 0) is 37.1 Å². The molecule has 1 unspecified atom stereocenters. The van der Waals surface area contributed by atoms with Gasteiger partial charge in [-0.1, -0.05) is 24.3 Å². The van der Waals surface area contributed by atoms with Crippen LogP contribution in [-0.2, 0) is 19.5 Å². The summed E-state index contributed by atoms with van der Waals surface area (Å²) in [5, 5.41) is 2.72. The molecular weight excluding hydrogens is 423 g/mol. The molecule has 1 N–H and O–H groups in total. The number of nitrogens with zero attached hydrogens (tertiary/aromatic N) is 2. The second-order valence-corrected chi connectivity index (χ2v) is 7.62. The third-order valence-corrected chi connectivity index (χ3v) is 5.31. The highest BCUT2D eigenvalue weighted by Gasteiger charge is 2.30. The number of hydrogen-bond donors (Lipinski definition) is 1. The minimum atomic E-state index is -4.48. The molecule has 0 saturated carbocycles. The number of amides is 1. The average molecular weight is 445 g/mol. The monoisotopic (exact) mass is 445 g/mol. The third-order valence-electron chi connectivity index (χ3n) is 5.31. The van der Waals surface area contributed by atoms with E-state index in [4.69, 9.17) is 9.15 Å². The molecule has 2 aromatic heterocycles. The van der Waals surface area contributed by atoms with E-state index in [9.17, 15) is 18.0 Å². The molecule has 0 radical (unpaired) electrons. The van der Waals surface area contributed by atoms with Crippen molar-refractivity contribution in [1.29, 1.82) is 0 Å². The first kappa shape index (κ1) is 21.7. The lowest BCUT2D eigenvalue weighted by molar-refractivity contribution is -0.154. The maximum atomic E-state index is 12.8. The Morgan fingerprint density at radius 1 is 1.25 bits per heavy atom. The number of fused-ring (bicyclic) bond motifs is 1. The molecule has 168 valence electrons. The van der Waals surface area contributed by atoms with Crippen LogP contribution in [0.3, 0.4) is 0 Å². The zero-order chi connectivity index (χ0) is 22.7. The first-order valence-corrected chi connectivity index (χ1v) is 10.1. The number of anilines is 1. The van der Waals surface area contributed by atoms with E-state index < -0.39 is 12.8 Å². The van der Waals surface area contributed by atoms with E-state index in [0.29, 0.717) is 23.4 Å². The molecule has 1 amide bonds. The van der Waals surface area contributed by atoms with E-state index in [0.717, 1.165) is 12.1 Å². The molecular formula is C23H22F3N3O3. The van der Waals surface area contributed by atoms with Crippen molar-refractivity contribution < 1.29 is 27.1 Å². The van der Waals surface area contributed by atoms with Gasteiger partial charge >= 0.3 is 6.18 Å². The van der Waals surface area contributed by atoms with Crippen LogP contribution in [-0.4, -0.2) is 29.7 Å². The summed E-state index contributed by atoms with van der Waals surface area (Å²) in [5.41, 5.74) is 3.09. The number of nitrogens with one attached hydrogen (secondary N) is 1. The van der Waals surface area contributed by atoms with Gasteiger partial charge in [0.15, 0.2) is 6.61 Å². The largest absolute Gasteiger partial charge is 0.468 e. The molecule has 1 atom stereocenters. The quantitative estimate of drug-likeness (QED) is 0.580. The summed E-state index contributed by atoms with van der Waals surface area (Å²) in [6.07, 6.45) is -0.770. The number of aromatic nitrogens is 1. The Kier molecular flexibility index (Phi) is 6.07. The maximum absolute atomic E-state index is 12.8. The van der Waals surface area contributed by atoms with E-state index in [1.54, 1.807) is 18.2 Å². The first-order chi connectivity index (χ1) is 15.3. The van der Waals surface area contributed by atoms with Crippen LogP contribution < -0.4 is 15.0 Å². The van der Waals surface area contributed by atoms with Gasteiger partial charge in [-0.25, -0.2) is 4.98 Å². The number of carbonyl (C=O) groups excluding carboxylic acids is 1. The molecule has 3 aromatic rings. The Bertz CT molecular complexity index is 1100. The highest BCUT2D eigenvalue weighted by molar-refractivity contribution is 5.95. The fourth-order valence-electron chi connectivity index (χ4n) is 3.80. The second kappa shape index (κ2) is 8.94. The number of alkyl halides is 3. The summed E-state index contributed by atoms with van der Waals surface area (Å²) < 4.78 is 47.8. The first-order valence-electron chi connectivity index (χ1n) is 10.1. The minimum Gasteiger partial charge on any atom is -0.468 e. The average Bonchev–Trinajstić information content (AvgIpc) is 3.35. The predicted molar refractivity (Wildman–Crippen MR) is 111 cm³/mol. The van der Waals surface area contributed by atoms with Crippen LogP contribution in [0.5, 0.6) is 5.88 Å². The molecule has 0 bridgehead atoms. The summed E-state index contributed by atoms with van der Waals surface area (Å²) >= 11 is 0. The van der Waals surface area contributed by atoms with Gasteiger partial charge in [0.2, 0.25) is 5.88 Å². The van der Waals surface area contributed by atoms with Crippen LogP contribution in [0, 0.1) is 0 Å². The summed E-state index contributed by atoms with van der Waals surface area (Å²) in [7, 11) is 0. The predicted octanol–water partition coefficient (Wildman–Crippen LogP) is 4.50. The van der Waals surface area contributed by atoms with Crippen molar-refractivity contribution in [3.05, 3.63) is 77.4 Å². The van der Waals surface area contributed by atoms with Crippen LogP contribution in [0.4, 0.5) is 18.9 Å². The van der Waals surface area contributed by atoms with Crippen LogP contribution in [0.25, 0.3) is 0 Å². The number of halogens is 3. The SMILES string of the molecule is CC1Cc2ccccc2N1Cc1occc1C(=O)NCc1cccnc1OCC(F)(F)F. The van der Waals surface area contributed by atoms with Gasteiger partial charge in [0.1, 0.15) is 5.76 Å². The lowest BCUT2D eigenvalue weighted by Crippen LogP contribution is -2.30. The van der Waals surface area contributed by atoms with Crippen molar-refractivity contribution in [1.82, 2.24) is 10.3 Å². The molecule has 0 spiro atoms. The fourth-order valence-corrected chi connectivity index (χ4v) is 3.80. The molecule has 0 saturated heterocycles. The van der Waals surface area contributed by atoms with Crippen LogP contribution in [0.2, 0.25) is 0 Å². The summed E-state index contributed by atoms with van der Waals surface area (Å²) in [6.45, 7) is 1.06. The lowest BCUT2D eigenvalue weighted by Gasteiger charge is -2.24. The second-order valence-electron chi connectivity index (χ2n) is 7.62. The number of rotatable bonds is 7. The molecule has 6 nitrogen and oxygen atoms in total. The molecule has 32 heavy (non-hydrogen) atoms. The van der Waals surface area contributed by atoms with Crippen LogP contribution in [0.15, 0.2) is 59.3 Å². The molecule has 3 heterocycles. The summed E-state index contributed by atoms with van der Waals surface area (Å²) in [5.74, 6) is -0.0367. The maximum Gasteiger partial charge on any atom is 0.422 e. The van der Waals surface area contributed by atoms with E-state index in [1.807, 2.05) is 18.2 Å². The van der Waals surface area contributed by atoms with E-state index in [-0.39, 0.29) is 24.4 Å². The summed E-state index contributed by atoms with van der Waals surface area (Å²) in [6, 6.07) is 13.1. The highest BCUT2D eigenvalue weighted by Crippen LogP contribution is 2.33. The van der Waals surface area contributed by atoms with Crippen molar-refractivity contribution in [3.8, 4) is 5.88 Å². The van der Waals surface area contributed by atoms with Crippen molar-refractivity contribution in [3.63, 3.8) is 0 Å². The van der Waals surface area contributed by atoms with Crippen LogP contribution >= 0.6 is 0 Å². The standard InChI is InChI=1S/C23H22F3N3O3/c1-15-11-16-5-2-3-7-19(16)29(15)13-20-18(8-10-31-20)21(30)28-12-17-6-4-9-27-22(17)32-14-23(24,25)26/h2-10,15H,11-14H2,1H3,(H,28,30). The summed E-state index contributed by atoms with van der Waals surface area (Å²) in [4.78, 5) is 18.8. The van der Waals surface area contributed by atoms with Gasteiger partial charge in [-0.3, -0.25) is 4.79 Å². The van der Waals surface area contributed by atoms with Gasteiger partial charge in [0, 0.05) is 30.0 Å². The Morgan fingerprint density at radius 2 is 2.06 bits per heavy atom. The molecule has 4 rings (SSSR count). The zero-order valence-corrected chi connectivity index (χ0v) is 17.4. The fraction of sp³-hybridized carbons (Fsp3) is 0.304. The van der Waals surface area contributed by atoms with Gasteiger partial charge in [-0.2, -0.15) is 13.2 Å². The van der Waals surface area contributed by atoms with E-state index in [1.165, 1.54) is 18.0 Å². The lowest BCUT2D eigenvalue weighted by atomic mass is 10.1. The van der Waals surface area contributed by atoms with Crippen molar-refractivity contribution in [2.24, 2.45) is 0 Å². The number of pyridine rings is 1. The number of ether oxygens (including phenoxy) is 1. The number of benzene rings is 1. The Hall–Kier alpha value is -3.49. The topological polar surface area (TPSA) is 67.6 Å². The Labute approximate surface area is 183 Å². The number of carbonyl (C=O) groups is 1. The van der Waals surface area contributed by atoms with Crippen molar-refractivity contribution in [2.45, 2.75) is 38.7 Å². The number of hydrogen-bond acceptors (Lipinski definition) is 5. The van der Waals surface area contributed by atoms with Crippen molar-refractivity contribution >= 4 is 11.6 Å². The van der Waals surface area contributed by atoms with E-state index in [2.05, 4.69) is 28.2 Å². The van der Waals surface area contributed by atoms with Gasteiger partial charge < -0.3 is 19.4 Å². The zero-order valence-electron chi connectivity index (χ0n) is 17.4. The smallest absolute Gasteiger partial charge is 0.422 e. The minimum absolute atomic E-state index is 0.0343. The molecule has 0 fully saturated rings. The van der Waals surface area contributed by atoms with Crippen LogP contribution in [0.1, 0.15) is 34.2 Å². The van der Waals surface area contributed by atoms with Crippen molar-refractivity contribution in [2.75, 3.05) is 11.5 Å². The number of para-hydroxylation sites is 1. The molecule has 1 aliphatic heterocycles. The molecule has 9 heteroatoms. The van der Waals surface area contributed by atoms with Gasteiger partial charge in [0.05, 0.1) is 18.4 Å². The normalized spacial score (nSPS) is 15.5. The number of furan rings is 1. The molecule has 0 aliphatic carbocycles. The highest BCUT2D eigenvalue weighted by atomic mass is 19.4. The van der Waals surface area contributed by atoms with Gasteiger partial charge in [0.25, 0.3) is 5.91 Å². The molecule has 1 aromatic carbocycles. The third kappa shape index (κ3) is 4.87. The van der Waals surface area contributed by atoms with E-state index >= 15 is 0 Å². The van der Waals surface area contributed by atoms with Gasteiger partial charge in [-0.15, -0.1) is 0 Å².